The van der Waals surface area contributed by atoms with Gasteiger partial charge in [-0.2, -0.15) is 0 Å². The molecule has 0 radical (unpaired) electrons. The van der Waals surface area contributed by atoms with Gasteiger partial charge in [0.05, 0.1) is 0 Å². The van der Waals surface area contributed by atoms with Gasteiger partial charge in [0.25, 0.3) is 5.91 Å². The van der Waals surface area contributed by atoms with Crippen molar-refractivity contribution in [2.75, 3.05) is 0 Å². The Morgan fingerprint density at radius 3 is 1.95 bits per heavy atom. The Morgan fingerprint density at radius 1 is 1.00 bits per heavy atom. The first-order valence-electron chi connectivity index (χ1n) is 7.15. The minimum Gasteiger partial charge on any atom is -0.347 e. The molecule has 0 saturated carbocycles. The molecule has 0 heterocycles. The molecule has 0 atom stereocenters. The van der Waals surface area contributed by atoms with Crippen molar-refractivity contribution >= 4 is 5.91 Å². The Labute approximate surface area is 117 Å². The molecule has 0 spiro atoms. The van der Waals surface area contributed by atoms with Crippen molar-refractivity contribution < 1.29 is 4.79 Å². The summed E-state index contributed by atoms with van der Waals surface area (Å²) in [7, 11) is 0. The van der Waals surface area contributed by atoms with Gasteiger partial charge in [-0.15, -0.1) is 0 Å². The van der Waals surface area contributed by atoms with Crippen LogP contribution in [-0.4, -0.2) is 11.4 Å². The molecule has 1 rings (SSSR count). The van der Waals surface area contributed by atoms with Crippen LogP contribution in [0.1, 0.15) is 70.3 Å². The van der Waals surface area contributed by atoms with E-state index in [4.69, 9.17) is 0 Å². The Morgan fingerprint density at radius 2 is 1.53 bits per heavy atom. The summed E-state index contributed by atoms with van der Waals surface area (Å²) in [6.07, 6.45) is 2.00. The highest BCUT2D eigenvalue weighted by Gasteiger charge is 2.20. The van der Waals surface area contributed by atoms with Crippen LogP contribution < -0.4 is 5.32 Å². The van der Waals surface area contributed by atoms with Gasteiger partial charge in [-0.25, -0.2) is 0 Å². The zero-order valence-corrected chi connectivity index (χ0v) is 13.1. The van der Waals surface area contributed by atoms with Gasteiger partial charge in [-0.05, 0) is 49.8 Å². The molecule has 0 bridgehead atoms. The number of carbonyl (C=O) groups is 1. The molecule has 0 aliphatic carbocycles. The summed E-state index contributed by atoms with van der Waals surface area (Å²) in [4.78, 5) is 12.1. The number of rotatable bonds is 5. The first-order valence-corrected chi connectivity index (χ1v) is 7.15. The summed E-state index contributed by atoms with van der Waals surface area (Å²) in [5.41, 5.74) is 2.02. The van der Waals surface area contributed by atoms with Crippen LogP contribution in [0.2, 0.25) is 0 Å². The molecule has 2 nitrogen and oxygen atoms in total. The smallest absolute Gasteiger partial charge is 0.251 e. The van der Waals surface area contributed by atoms with Crippen molar-refractivity contribution in [3.63, 3.8) is 0 Å². The first-order chi connectivity index (χ1) is 8.72. The number of nitrogens with one attached hydrogen (secondary N) is 1. The Hall–Kier alpha value is -1.31. The second-order valence-electron chi connectivity index (χ2n) is 6.51. The van der Waals surface area contributed by atoms with E-state index in [2.05, 4.69) is 45.1 Å². The number of hydrogen-bond acceptors (Lipinski definition) is 1. The average Bonchev–Trinajstić information content (AvgIpc) is 2.38. The van der Waals surface area contributed by atoms with Crippen LogP contribution in [-0.2, 0) is 5.41 Å². The molecular weight excluding hydrogens is 234 g/mol. The zero-order chi connectivity index (χ0) is 14.7. The molecule has 0 aliphatic rings. The highest BCUT2D eigenvalue weighted by Crippen LogP contribution is 2.26. The molecular formula is C17H27NO. The highest BCUT2D eigenvalue weighted by molar-refractivity contribution is 5.94. The average molecular weight is 261 g/mol. The van der Waals surface area contributed by atoms with Crippen LogP contribution in [0.4, 0.5) is 0 Å². The minimum atomic E-state index is -0.154. The van der Waals surface area contributed by atoms with Crippen molar-refractivity contribution in [1.82, 2.24) is 5.32 Å². The summed E-state index contributed by atoms with van der Waals surface area (Å²) in [5, 5.41) is 3.06. The second kappa shape index (κ2) is 5.77. The summed E-state index contributed by atoms with van der Waals surface area (Å²) in [5.74, 6) is 0.00713. The van der Waals surface area contributed by atoms with Gasteiger partial charge in [-0.1, -0.05) is 39.8 Å². The molecule has 1 N–H and O–H groups in total. The monoisotopic (exact) mass is 261 g/mol. The minimum absolute atomic E-state index is 0.00713. The highest BCUT2D eigenvalue weighted by atomic mass is 16.1. The van der Waals surface area contributed by atoms with E-state index in [0.29, 0.717) is 0 Å². The van der Waals surface area contributed by atoms with Gasteiger partial charge in [0.2, 0.25) is 0 Å². The number of hydrogen-bond donors (Lipinski definition) is 1. The molecule has 1 aromatic carbocycles. The molecule has 2 heteroatoms. The van der Waals surface area contributed by atoms with E-state index in [-0.39, 0.29) is 16.9 Å². The van der Waals surface area contributed by atoms with E-state index >= 15 is 0 Å². The van der Waals surface area contributed by atoms with Gasteiger partial charge in [0, 0.05) is 11.1 Å². The molecule has 19 heavy (non-hydrogen) atoms. The predicted octanol–water partition coefficient (Wildman–Crippen LogP) is 4.29. The van der Waals surface area contributed by atoms with E-state index in [9.17, 15) is 4.79 Å². The fourth-order valence-electron chi connectivity index (χ4n) is 1.74. The van der Waals surface area contributed by atoms with E-state index in [1.807, 2.05) is 26.0 Å². The lowest BCUT2D eigenvalue weighted by atomic mass is 9.82. The summed E-state index contributed by atoms with van der Waals surface area (Å²) >= 11 is 0. The molecule has 1 aromatic rings. The van der Waals surface area contributed by atoms with Crippen LogP contribution in [0.25, 0.3) is 0 Å². The standard InChI is InChI=1S/C17H27NO/c1-7-16(3,4)14-11-9-13(10-12-14)15(19)18-17(5,6)8-2/h9-12H,7-8H2,1-6H3,(H,18,19). The van der Waals surface area contributed by atoms with Crippen LogP contribution in [0, 0.1) is 0 Å². The predicted molar refractivity (Wildman–Crippen MR) is 81.6 cm³/mol. The third kappa shape index (κ3) is 4.09. The van der Waals surface area contributed by atoms with Crippen molar-refractivity contribution in [3.05, 3.63) is 35.4 Å². The van der Waals surface area contributed by atoms with E-state index in [1.54, 1.807) is 0 Å². The zero-order valence-electron chi connectivity index (χ0n) is 13.1. The SMILES string of the molecule is CCC(C)(C)NC(=O)c1ccc(C(C)(C)CC)cc1. The topological polar surface area (TPSA) is 29.1 Å². The largest absolute Gasteiger partial charge is 0.347 e. The maximum Gasteiger partial charge on any atom is 0.251 e. The molecule has 106 valence electrons. The fraction of sp³-hybridized carbons (Fsp3) is 0.588. The fourth-order valence-corrected chi connectivity index (χ4v) is 1.74. The lowest BCUT2D eigenvalue weighted by molar-refractivity contribution is 0.0911. The van der Waals surface area contributed by atoms with Gasteiger partial charge in [0.15, 0.2) is 0 Å². The molecule has 1 amide bonds. The maximum atomic E-state index is 12.1. The molecule has 0 aliphatic heterocycles. The lowest BCUT2D eigenvalue weighted by Crippen LogP contribution is -2.42. The Bertz CT molecular complexity index is 429. The third-order valence-electron chi connectivity index (χ3n) is 4.15. The second-order valence-corrected chi connectivity index (χ2v) is 6.51. The van der Waals surface area contributed by atoms with Crippen LogP contribution >= 0.6 is 0 Å². The van der Waals surface area contributed by atoms with E-state index in [1.165, 1.54) is 5.56 Å². The van der Waals surface area contributed by atoms with E-state index < -0.39 is 0 Å². The van der Waals surface area contributed by atoms with Crippen molar-refractivity contribution in [2.45, 2.75) is 65.3 Å². The summed E-state index contributed by atoms with van der Waals surface area (Å²) < 4.78 is 0. The maximum absolute atomic E-state index is 12.1. The van der Waals surface area contributed by atoms with Gasteiger partial charge < -0.3 is 5.32 Å². The molecule has 0 saturated heterocycles. The normalized spacial score (nSPS) is 12.3. The van der Waals surface area contributed by atoms with Gasteiger partial charge >= 0.3 is 0 Å². The van der Waals surface area contributed by atoms with Gasteiger partial charge in [-0.3, -0.25) is 4.79 Å². The first kappa shape index (κ1) is 15.7. The lowest BCUT2D eigenvalue weighted by Gasteiger charge is -2.25. The van der Waals surface area contributed by atoms with E-state index in [0.717, 1.165) is 18.4 Å². The molecule has 0 aromatic heterocycles. The number of benzene rings is 1. The molecule has 0 fully saturated rings. The van der Waals surface area contributed by atoms with Crippen LogP contribution in [0.3, 0.4) is 0 Å². The molecule has 0 unspecified atom stereocenters. The van der Waals surface area contributed by atoms with Gasteiger partial charge in [0.1, 0.15) is 0 Å². The van der Waals surface area contributed by atoms with Crippen LogP contribution in [0.15, 0.2) is 24.3 Å². The summed E-state index contributed by atoms with van der Waals surface area (Å²) in [6.45, 7) is 12.8. The Kier molecular flexibility index (Phi) is 4.78. The van der Waals surface area contributed by atoms with Crippen LogP contribution in [0.5, 0.6) is 0 Å². The quantitative estimate of drug-likeness (QED) is 0.841. The number of carbonyl (C=O) groups excluding carboxylic acids is 1. The third-order valence-corrected chi connectivity index (χ3v) is 4.15. The van der Waals surface area contributed by atoms with Crippen molar-refractivity contribution in [1.29, 1.82) is 0 Å². The van der Waals surface area contributed by atoms with Crippen molar-refractivity contribution in [3.8, 4) is 0 Å². The number of amides is 1. The summed E-state index contributed by atoms with van der Waals surface area (Å²) in [6, 6.07) is 7.98. The van der Waals surface area contributed by atoms with Crippen molar-refractivity contribution in [2.24, 2.45) is 0 Å². The Balaban J connectivity index is 2.85.